The smallest absolute Gasteiger partial charge is 0.346 e. The molecule has 1 heterocycles. The fourth-order valence-electron chi connectivity index (χ4n) is 3.03. The molecule has 2 aromatic rings. The van der Waals surface area contributed by atoms with Crippen molar-refractivity contribution < 1.29 is 23.8 Å². The standard InChI is InChI=1S/C23H24O5/c1-13(2)17-8-6-16(7-9-17)12-20-21(24)18-10-11-19(14(3)22(18)28-20)27-15(4)23(25)26-5/h6-13,15H,1-5H3/b20-12-. The number of fused-ring (bicyclic) bond motifs is 1. The van der Waals surface area contributed by atoms with Crippen LogP contribution in [-0.2, 0) is 9.53 Å². The van der Waals surface area contributed by atoms with Crippen LogP contribution in [0.5, 0.6) is 11.5 Å². The minimum atomic E-state index is -0.756. The number of allylic oxidation sites excluding steroid dienone is 1. The van der Waals surface area contributed by atoms with Crippen molar-refractivity contribution in [1.29, 1.82) is 0 Å². The minimum Gasteiger partial charge on any atom is -0.479 e. The zero-order valence-electron chi connectivity index (χ0n) is 16.7. The summed E-state index contributed by atoms with van der Waals surface area (Å²) < 4.78 is 16.2. The molecule has 0 spiro atoms. The Morgan fingerprint density at radius 2 is 1.75 bits per heavy atom. The highest BCUT2D eigenvalue weighted by atomic mass is 16.6. The van der Waals surface area contributed by atoms with Gasteiger partial charge in [-0.15, -0.1) is 0 Å². The number of benzene rings is 2. The van der Waals surface area contributed by atoms with E-state index in [2.05, 4.69) is 30.7 Å². The third-order valence-corrected chi connectivity index (χ3v) is 4.77. The van der Waals surface area contributed by atoms with Crippen LogP contribution in [0.15, 0.2) is 42.2 Å². The van der Waals surface area contributed by atoms with Gasteiger partial charge in [0.2, 0.25) is 5.78 Å². The van der Waals surface area contributed by atoms with Crippen LogP contribution in [0.4, 0.5) is 0 Å². The van der Waals surface area contributed by atoms with Crippen LogP contribution in [0.2, 0.25) is 0 Å². The van der Waals surface area contributed by atoms with Crippen molar-refractivity contribution >= 4 is 17.8 Å². The summed E-state index contributed by atoms with van der Waals surface area (Å²) in [6, 6.07) is 11.4. The molecule has 28 heavy (non-hydrogen) atoms. The van der Waals surface area contributed by atoms with Crippen molar-refractivity contribution in [3.05, 3.63) is 64.4 Å². The molecule has 1 atom stereocenters. The van der Waals surface area contributed by atoms with E-state index in [4.69, 9.17) is 9.47 Å². The maximum absolute atomic E-state index is 12.7. The third kappa shape index (κ3) is 3.79. The molecule has 0 saturated carbocycles. The van der Waals surface area contributed by atoms with E-state index in [0.717, 1.165) is 5.56 Å². The molecule has 0 aliphatic carbocycles. The van der Waals surface area contributed by atoms with E-state index in [1.54, 1.807) is 32.1 Å². The Hall–Kier alpha value is -3.08. The lowest BCUT2D eigenvalue weighted by atomic mass is 10.0. The number of hydrogen-bond acceptors (Lipinski definition) is 5. The molecule has 3 rings (SSSR count). The number of esters is 1. The van der Waals surface area contributed by atoms with Gasteiger partial charge in [-0.3, -0.25) is 4.79 Å². The highest BCUT2D eigenvalue weighted by Crippen LogP contribution is 2.39. The van der Waals surface area contributed by atoms with Crippen molar-refractivity contribution in [3.8, 4) is 11.5 Å². The van der Waals surface area contributed by atoms with Gasteiger partial charge in [0.15, 0.2) is 11.9 Å². The van der Waals surface area contributed by atoms with E-state index >= 15 is 0 Å². The molecule has 146 valence electrons. The zero-order chi connectivity index (χ0) is 20.4. The molecule has 0 amide bonds. The Labute approximate surface area is 164 Å². The predicted octanol–water partition coefficient (Wildman–Crippen LogP) is 4.67. The largest absolute Gasteiger partial charge is 0.479 e. The Balaban J connectivity index is 1.86. The van der Waals surface area contributed by atoms with Gasteiger partial charge in [-0.05, 0) is 49.1 Å². The van der Waals surface area contributed by atoms with E-state index in [-0.39, 0.29) is 11.5 Å². The van der Waals surface area contributed by atoms with Crippen LogP contribution < -0.4 is 9.47 Å². The van der Waals surface area contributed by atoms with Crippen LogP contribution in [-0.4, -0.2) is 25.0 Å². The summed E-state index contributed by atoms with van der Waals surface area (Å²) in [5.41, 5.74) is 3.29. The topological polar surface area (TPSA) is 61.8 Å². The molecular formula is C23H24O5. The lowest BCUT2D eigenvalue weighted by Crippen LogP contribution is -2.25. The van der Waals surface area contributed by atoms with Gasteiger partial charge in [0.1, 0.15) is 11.5 Å². The number of carbonyl (C=O) groups excluding carboxylic acids is 2. The fourth-order valence-corrected chi connectivity index (χ4v) is 3.03. The average Bonchev–Trinajstić information content (AvgIpc) is 3.00. The van der Waals surface area contributed by atoms with E-state index in [1.165, 1.54) is 12.7 Å². The van der Waals surface area contributed by atoms with E-state index < -0.39 is 12.1 Å². The van der Waals surface area contributed by atoms with Gasteiger partial charge < -0.3 is 14.2 Å². The fraction of sp³-hybridized carbons (Fsp3) is 0.304. The van der Waals surface area contributed by atoms with Crippen molar-refractivity contribution in [1.82, 2.24) is 0 Å². The monoisotopic (exact) mass is 380 g/mol. The molecule has 2 aromatic carbocycles. The van der Waals surface area contributed by atoms with Crippen LogP contribution in [0.3, 0.4) is 0 Å². The Bertz CT molecular complexity index is 938. The molecular weight excluding hydrogens is 356 g/mol. The van der Waals surface area contributed by atoms with E-state index in [1.807, 2.05) is 12.1 Å². The average molecular weight is 380 g/mol. The third-order valence-electron chi connectivity index (χ3n) is 4.77. The Morgan fingerprint density at radius 1 is 1.07 bits per heavy atom. The van der Waals surface area contributed by atoms with Crippen molar-refractivity contribution in [3.63, 3.8) is 0 Å². The summed E-state index contributed by atoms with van der Waals surface area (Å²) in [6.45, 7) is 7.68. The summed E-state index contributed by atoms with van der Waals surface area (Å²) in [7, 11) is 1.31. The first-order valence-electron chi connectivity index (χ1n) is 9.24. The Morgan fingerprint density at radius 3 is 2.36 bits per heavy atom. The number of ether oxygens (including phenoxy) is 3. The molecule has 0 aromatic heterocycles. The summed E-state index contributed by atoms with van der Waals surface area (Å²) in [6.07, 6.45) is 0.983. The van der Waals surface area contributed by atoms with Crippen LogP contribution in [0, 0.1) is 6.92 Å². The number of carbonyl (C=O) groups is 2. The molecule has 0 radical (unpaired) electrons. The summed E-state index contributed by atoms with van der Waals surface area (Å²) in [4.78, 5) is 24.3. The molecule has 0 bridgehead atoms. The Kier molecular flexibility index (Phi) is 5.54. The van der Waals surface area contributed by atoms with Gasteiger partial charge in [-0.1, -0.05) is 38.1 Å². The molecule has 1 aliphatic heterocycles. The number of ketones is 1. The molecule has 1 unspecified atom stereocenters. The molecule has 0 N–H and O–H groups in total. The highest BCUT2D eigenvalue weighted by Gasteiger charge is 2.30. The molecule has 0 fully saturated rings. The number of Topliss-reactive ketones (excluding diaryl/α,β-unsaturated/α-hetero) is 1. The number of methoxy groups -OCH3 is 1. The van der Waals surface area contributed by atoms with Gasteiger partial charge in [-0.2, -0.15) is 0 Å². The van der Waals surface area contributed by atoms with Crippen molar-refractivity contribution in [2.75, 3.05) is 7.11 Å². The van der Waals surface area contributed by atoms with Gasteiger partial charge in [0.05, 0.1) is 12.7 Å². The predicted molar refractivity (Wildman–Crippen MR) is 107 cm³/mol. The second-order valence-corrected chi connectivity index (χ2v) is 7.11. The lowest BCUT2D eigenvalue weighted by Gasteiger charge is -2.15. The van der Waals surface area contributed by atoms with E-state index in [9.17, 15) is 9.59 Å². The second-order valence-electron chi connectivity index (χ2n) is 7.11. The quantitative estimate of drug-likeness (QED) is 0.557. The lowest BCUT2D eigenvalue weighted by molar-refractivity contribution is -0.147. The summed E-state index contributed by atoms with van der Waals surface area (Å²) >= 11 is 0. The normalized spacial score (nSPS) is 15.4. The zero-order valence-corrected chi connectivity index (χ0v) is 16.7. The number of hydrogen-bond donors (Lipinski definition) is 0. The van der Waals surface area contributed by atoms with E-state index in [0.29, 0.717) is 28.5 Å². The van der Waals surface area contributed by atoms with Crippen molar-refractivity contribution in [2.45, 2.75) is 39.7 Å². The second kappa shape index (κ2) is 7.89. The number of rotatable bonds is 5. The highest BCUT2D eigenvalue weighted by molar-refractivity contribution is 6.15. The first-order chi connectivity index (χ1) is 13.3. The molecule has 0 saturated heterocycles. The van der Waals surface area contributed by atoms with Gasteiger partial charge in [-0.25, -0.2) is 4.79 Å². The van der Waals surface area contributed by atoms with Crippen LogP contribution in [0.25, 0.3) is 6.08 Å². The van der Waals surface area contributed by atoms with Gasteiger partial charge in [0.25, 0.3) is 0 Å². The maximum atomic E-state index is 12.7. The van der Waals surface area contributed by atoms with Gasteiger partial charge in [0, 0.05) is 5.56 Å². The van der Waals surface area contributed by atoms with Crippen molar-refractivity contribution in [2.24, 2.45) is 0 Å². The SMILES string of the molecule is COC(=O)C(C)Oc1ccc2c(c1C)O/C(=C\c1ccc(C(C)C)cc1)C2=O. The summed E-state index contributed by atoms with van der Waals surface area (Å²) in [5.74, 6) is 1.02. The molecule has 1 aliphatic rings. The molecule has 5 nitrogen and oxygen atoms in total. The maximum Gasteiger partial charge on any atom is 0.346 e. The van der Waals surface area contributed by atoms with Crippen LogP contribution >= 0.6 is 0 Å². The summed E-state index contributed by atoms with van der Waals surface area (Å²) in [5, 5.41) is 0. The first kappa shape index (κ1) is 19.7. The molecule has 5 heteroatoms. The van der Waals surface area contributed by atoms with Gasteiger partial charge >= 0.3 is 5.97 Å². The minimum absolute atomic E-state index is 0.168. The first-order valence-corrected chi connectivity index (χ1v) is 9.24. The van der Waals surface area contributed by atoms with Crippen LogP contribution in [0.1, 0.15) is 53.7 Å².